The predicted octanol–water partition coefficient (Wildman–Crippen LogP) is 6.19. The van der Waals surface area contributed by atoms with Crippen molar-refractivity contribution in [1.82, 2.24) is 0 Å². The van der Waals surface area contributed by atoms with Gasteiger partial charge in [-0.1, -0.05) is 22.0 Å². The van der Waals surface area contributed by atoms with Gasteiger partial charge in [-0.25, -0.2) is 0 Å². The largest absolute Gasteiger partial charge is 0.503 e. The summed E-state index contributed by atoms with van der Waals surface area (Å²) in [7, 11) is 0. The molecule has 0 saturated heterocycles. The molecule has 0 bridgehead atoms. The highest BCUT2D eigenvalue weighted by Gasteiger charge is 2.46. The van der Waals surface area contributed by atoms with Gasteiger partial charge in [0.25, 0.3) is 5.91 Å². The number of carbonyl (C=O) groups excluding carboxylic acids is 2. The molecule has 1 aliphatic heterocycles. The molecule has 6 nitrogen and oxygen atoms in total. The normalized spacial score (nSPS) is 16.4. The Bertz CT molecular complexity index is 1410. The molecule has 5 rings (SSSR count). The van der Waals surface area contributed by atoms with E-state index in [1.54, 1.807) is 30.3 Å². The van der Waals surface area contributed by atoms with Crippen molar-refractivity contribution in [1.29, 1.82) is 0 Å². The summed E-state index contributed by atoms with van der Waals surface area (Å²) in [6.45, 7) is 3.91. The van der Waals surface area contributed by atoms with Gasteiger partial charge in [-0.3, -0.25) is 14.5 Å². The Morgan fingerprint density at radius 2 is 1.88 bits per heavy atom. The number of aliphatic hydroxyl groups excluding tert-OH is 1. The number of halogens is 1. The van der Waals surface area contributed by atoms with Gasteiger partial charge >= 0.3 is 0 Å². The van der Waals surface area contributed by atoms with E-state index in [9.17, 15) is 14.7 Å². The highest BCUT2D eigenvalue weighted by molar-refractivity contribution is 9.10. The summed E-state index contributed by atoms with van der Waals surface area (Å²) < 4.78 is 12.2. The van der Waals surface area contributed by atoms with E-state index < -0.39 is 23.5 Å². The second kappa shape index (κ2) is 7.53. The van der Waals surface area contributed by atoms with Crippen molar-refractivity contribution in [2.75, 3.05) is 4.90 Å². The molecule has 1 aliphatic rings. The molecular weight excluding hydrogens is 474 g/mol. The van der Waals surface area contributed by atoms with Gasteiger partial charge in [0.05, 0.1) is 11.8 Å². The fourth-order valence-corrected chi connectivity index (χ4v) is 4.33. The van der Waals surface area contributed by atoms with Crippen LogP contribution in [0.2, 0.25) is 0 Å². The van der Waals surface area contributed by atoms with E-state index >= 15 is 0 Å². The first kappa shape index (κ1) is 20.3. The van der Waals surface area contributed by atoms with E-state index in [1.165, 1.54) is 11.2 Å². The van der Waals surface area contributed by atoms with Crippen molar-refractivity contribution < 1.29 is 23.5 Å². The van der Waals surface area contributed by atoms with Gasteiger partial charge in [-0.15, -0.1) is 0 Å². The third-order valence-corrected chi connectivity index (χ3v) is 6.23. The number of anilines is 1. The topological polar surface area (TPSA) is 83.9 Å². The first-order chi connectivity index (χ1) is 15.3. The SMILES string of the molecule is Cc1ccc(N2C(=O)C(O)=C(C(=O)c3cc4cc(Br)ccc4o3)C2c2ccco2)cc1C. The molecule has 2 aromatic heterocycles. The summed E-state index contributed by atoms with van der Waals surface area (Å²) in [5, 5.41) is 11.5. The van der Waals surface area contributed by atoms with Crippen molar-refractivity contribution in [2.45, 2.75) is 19.9 Å². The molecule has 7 heteroatoms. The highest BCUT2D eigenvalue weighted by atomic mass is 79.9. The molecule has 1 atom stereocenters. The first-order valence-corrected chi connectivity index (χ1v) is 10.8. The second-order valence-corrected chi connectivity index (χ2v) is 8.66. The minimum atomic E-state index is -0.924. The zero-order chi connectivity index (χ0) is 22.6. The van der Waals surface area contributed by atoms with Gasteiger partial charge in [0.15, 0.2) is 11.5 Å². The summed E-state index contributed by atoms with van der Waals surface area (Å²) in [4.78, 5) is 28.1. The van der Waals surface area contributed by atoms with E-state index in [1.807, 2.05) is 38.1 Å². The van der Waals surface area contributed by atoms with Crippen molar-refractivity contribution in [2.24, 2.45) is 0 Å². The molecule has 4 aromatic rings. The highest BCUT2D eigenvalue weighted by Crippen LogP contribution is 2.42. The predicted molar refractivity (Wildman–Crippen MR) is 123 cm³/mol. The number of fused-ring (bicyclic) bond motifs is 1. The van der Waals surface area contributed by atoms with Crippen LogP contribution in [0.4, 0.5) is 5.69 Å². The van der Waals surface area contributed by atoms with Crippen molar-refractivity contribution >= 4 is 44.3 Å². The maximum Gasteiger partial charge on any atom is 0.294 e. The van der Waals surface area contributed by atoms with Crippen LogP contribution in [0.1, 0.15) is 33.5 Å². The van der Waals surface area contributed by atoms with Crippen molar-refractivity contribution in [3.63, 3.8) is 0 Å². The smallest absolute Gasteiger partial charge is 0.294 e. The number of furan rings is 2. The van der Waals surface area contributed by atoms with Crippen LogP contribution >= 0.6 is 15.9 Å². The van der Waals surface area contributed by atoms with Crippen LogP contribution in [0.5, 0.6) is 0 Å². The lowest BCUT2D eigenvalue weighted by Gasteiger charge is -2.25. The monoisotopic (exact) mass is 491 g/mol. The van der Waals surface area contributed by atoms with Gasteiger partial charge in [0.1, 0.15) is 17.4 Å². The number of aryl methyl sites for hydroxylation is 2. The molecule has 160 valence electrons. The Morgan fingerprint density at radius 1 is 1.06 bits per heavy atom. The van der Waals surface area contributed by atoms with Gasteiger partial charge < -0.3 is 13.9 Å². The van der Waals surface area contributed by atoms with Gasteiger partial charge in [-0.2, -0.15) is 0 Å². The Balaban J connectivity index is 1.64. The number of hydrogen-bond acceptors (Lipinski definition) is 5. The Hall–Kier alpha value is -3.58. The molecule has 0 saturated carbocycles. The number of amides is 1. The Kier molecular flexibility index (Phi) is 4.78. The van der Waals surface area contributed by atoms with E-state index in [4.69, 9.17) is 8.83 Å². The van der Waals surface area contributed by atoms with Gasteiger partial charge in [0, 0.05) is 15.5 Å². The van der Waals surface area contributed by atoms with Crippen LogP contribution in [0, 0.1) is 13.8 Å². The summed E-state index contributed by atoms with van der Waals surface area (Å²) in [6.07, 6.45) is 1.47. The quantitative estimate of drug-likeness (QED) is 0.344. The summed E-state index contributed by atoms with van der Waals surface area (Å²) >= 11 is 3.40. The number of benzene rings is 2. The molecule has 0 fully saturated rings. The average Bonchev–Trinajstić information content (AvgIpc) is 3.49. The molecule has 1 amide bonds. The van der Waals surface area contributed by atoms with Crippen molar-refractivity contribution in [3.8, 4) is 0 Å². The first-order valence-electron chi connectivity index (χ1n) is 9.96. The van der Waals surface area contributed by atoms with Crippen LogP contribution in [0.25, 0.3) is 11.0 Å². The maximum atomic E-state index is 13.5. The van der Waals surface area contributed by atoms with Crippen LogP contribution < -0.4 is 4.90 Å². The molecule has 32 heavy (non-hydrogen) atoms. The minimum Gasteiger partial charge on any atom is -0.503 e. The van der Waals surface area contributed by atoms with Crippen LogP contribution in [-0.4, -0.2) is 16.8 Å². The molecule has 0 radical (unpaired) electrons. The number of aliphatic hydroxyl groups is 1. The summed E-state index contributed by atoms with van der Waals surface area (Å²) in [5.74, 6) is -1.46. The third-order valence-electron chi connectivity index (χ3n) is 5.74. The maximum absolute atomic E-state index is 13.5. The summed E-state index contributed by atoms with van der Waals surface area (Å²) in [5.41, 5.74) is 3.05. The molecule has 0 spiro atoms. The zero-order valence-corrected chi connectivity index (χ0v) is 18.8. The van der Waals surface area contributed by atoms with E-state index in [0.717, 1.165) is 21.0 Å². The van der Waals surface area contributed by atoms with E-state index in [-0.39, 0.29) is 11.3 Å². The molecular formula is C25H18BrNO5. The Labute approximate surface area is 191 Å². The lowest BCUT2D eigenvalue weighted by atomic mass is 9.99. The number of nitrogens with zero attached hydrogens (tertiary/aromatic N) is 1. The standard InChI is InChI=1S/C25H18BrNO5/c1-13-5-7-17(10-14(13)2)27-22(19-4-3-9-31-19)21(24(29)25(27)30)23(28)20-12-15-11-16(26)6-8-18(15)32-20/h3-12,22,29H,1-2H3. The van der Waals surface area contributed by atoms with Crippen LogP contribution in [-0.2, 0) is 4.79 Å². The van der Waals surface area contributed by atoms with Gasteiger partial charge in [0.2, 0.25) is 5.78 Å². The molecule has 1 unspecified atom stereocenters. The van der Waals surface area contributed by atoms with Crippen LogP contribution in [0.15, 0.2) is 85.5 Å². The van der Waals surface area contributed by atoms with Crippen LogP contribution in [0.3, 0.4) is 0 Å². The number of Topliss-reactive ketones (excluding diaryl/α,β-unsaturated/α-hetero) is 1. The Morgan fingerprint density at radius 3 is 2.59 bits per heavy atom. The number of carbonyl (C=O) groups is 2. The molecule has 1 N–H and O–H groups in total. The van der Waals surface area contributed by atoms with Gasteiger partial charge in [-0.05, 0) is 73.5 Å². The molecule has 2 aromatic carbocycles. The lowest BCUT2D eigenvalue weighted by molar-refractivity contribution is -0.117. The van der Waals surface area contributed by atoms with E-state index in [0.29, 0.717) is 17.0 Å². The average molecular weight is 492 g/mol. The number of rotatable bonds is 4. The zero-order valence-electron chi connectivity index (χ0n) is 17.3. The molecule has 3 heterocycles. The minimum absolute atomic E-state index is 0.0333. The third kappa shape index (κ3) is 3.17. The van der Waals surface area contributed by atoms with Crippen molar-refractivity contribution in [3.05, 3.63) is 99.3 Å². The fourth-order valence-electron chi connectivity index (χ4n) is 3.95. The second-order valence-electron chi connectivity index (χ2n) is 7.75. The number of ketones is 1. The molecule has 0 aliphatic carbocycles. The number of hydrogen-bond donors (Lipinski definition) is 1. The summed E-state index contributed by atoms with van der Waals surface area (Å²) in [6, 6.07) is 14.9. The van der Waals surface area contributed by atoms with E-state index in [2.05, 4.69) is 15.9 Å². The fraction of sp³-hybridized carbons (Fsp3) is 0.120. The lowest BCUT2D eigenvalue weighted by Crippen LogP contribution is -2.30.